The fourth-order valence-electron chi connectivity index (χ4n) is 13.3. The number of imidazole rings is 1. The summed E-state index contributed by atoms with van der Waals surface area (Å²) in [5.41, 5.74) is 10.4. The van der Waals surface area contributed by atoms with Gasteiger partial charge in [0.25, 0.3) is 0 Å². The molecule has 2 atom stereocenters. The van der Waals surface area contributed by atoms with Crippen molar-refractivity contribution in [2.75, 3.05) is 9.80 Å². The van der Waals surface area contributed by atoms with Crippen LogP contribution in [0.5, 0.6) is 11.5 Å². The van der Waals surface area contributed by atoms with E-state index in [1.807, 2.05) is 47.0 Å². The number of anilines is 3. The van der Waals surface area contributed by atoms with Crippen molar-refractivity contribution in [2.45, 2.75) is 89.5 Å². The van der Waals surface area contributed by atoms with Crippen LogP contribution in [0.3, 0.4) is 0 Å². The second-order valence-corrected chi connectivity index (χ2v) is 20.2. The Hall–Kier alpha value is -6.10. The Morgan fingerprint density at radius 3 is 2.00 bits per heavy atom. The van der Waals surface area contributed by atoms with Crippen LogP contribution in [0.2, 0.25) is 0 Å². The Morgan fingerprint density at radius 2 is 1.24 bits per heavy atom. The topological polar surface area (TPSA) is 38.5 Å². The molecule has 3 aliphatic carbocycles. The molecule has 0 amide bonds. The Morgan fingerprint density at radius 1 is 0.571 bits per heavy atom. The second kappa shape index (κ2) is 19.2. The summed E-state index contributed by atoms with van der Waals surface area (Å²) in [6.45, 7) is -0.111. The zero-order chi connectivity index (χ0) is 48.3. The summed E-state index contributed by atoms with van der Waals surface area (Å²) in [6, 6.07) is 59.7. The van der Waals surface area contributed by atoms with Crippen molar-refractivity contribution in [3.63, 3.8) is 0 Å². The van der Waals surface area contributed by atoms with E-state index in [9.17, 15) is 0 Å². The molecule has 4 aliphatic rings. The zero-order valence-corrected chi connectivity index (χ0v) is 41.8. The first-order valence-corrected chi connectivity index (χ1v) is 25.7. The van der Waals surface area contributed by atoms with Crippen molar-refractivity contribution in [1.29, 1.82) is 0 Å². The van der Waals surface area contributed by atoms with Gasteiger partial charge < -0.3 is 23.7 Å². The third-order valence-electron chi connectivity index (χ3n) is 16.4. The molecule has 9 aromatic rings. The van der Waals surface area contributed by atoms with Crippen molar-refractivity contribution in [2.24, 2.45) is 30.6 Å². The molecule has 6 nitrogen and oxygen atoms in total. The molecule has 0 bridgehead atoms. The maximum atomic E-state index is 8.79. The van der Waals surface area contributed by atoms with Gasteiger partial charge in [-0.2, -0.15) is 18.8 Å². The molecule has 1 aliphatic heterocycles. The van der Waals surface area contributed by atoms with Crippen LogP contribution in [0, 0.1) is 42.5 Å². The molecule has 2 unspecified atom stereocenters. The number of hydrogen-bond acceptors (Lipinski definition) is 4. The molecule has 3 fully saturated rings. The van der Waals surface area contributed by atoms with Crippen molar-refractivity contribution in [1.82, 2.24) is 14.1 Å². The van der Waals surface area contributed by atoms with Crippen molar-refractivity contribution in [3.05, 3.63) is 170 Å². The minimum Gasteiger partial charge on any atom is -0.509 e. The van der Waals surface area contributed by atoms with Gasteiger partial charge in [-0.05, 0) is 94.5 Å². The van der Waals surface area contributed by atoms with E-state index in [1.165, 1.54) is 99.4 Å². The fourth-order valence-corrected chi connectivity index (χ4v) is 13.3. The van der Waals surface area contributed by atoms with Crippen LogP contribution in [0.1, 0.15) is 87.6 Å². The molecule has 13 rings (SSSR count). The first-order valence-electron chi connectivity index (χ1n) is 27.2. The Kier molecular flexibility index (Phi) is 11.5. The van der Waals surface area contributed by atoms with E-state index in [-0.39, 0.29) is 27.0 Å². The number of aryl methyl sites for hydroxylation is 1. The van der Waals surface area contributed by atoms with Crippen LogP contribution in [-0.4, -0.2) is 20.2 Å². The van der Waals surface area contributed by atoms with Crippen molar-refractivity contribution < 1.29 is 29.9 Å². The van der Waals surface area contributed by atoms with E-state index in [2.05, 4.69) is 138 Å². The first kappa shape index (κ1) is 41.7. The van der Waals surface area contributed by atoms with E-state index in [4.69, 9.17) is 13.8 Å². The summed E-state index contributed by atoms with van der Waals surface area (Å²) in [6.07, 6.45) is 17.8. The van der Waals surface area contributed by atoms with E-state index in [1.54, 1.807) is 0 Å². The Labute approximate surface area is 431 Å². The molecule has 3 heterocycles. The van der Waals surface area contributed by atoms with Gasteiger partial charge >= 0.3 is 0 Å². The van der Waals surface area contributed by atoms with Gasteiger partial charge in [0.1, 0.15) is 0 Å². The van der Waals surface area contributed by atoms with Gasteiger partial charge in [-0.15, -0.1) is 41.4 Å². The number of ether oxygens (including phenoxy) is 1. The summed E-state index contributed by atoms with van der Waals surface area (Å²) < 4.78 is 36.5. The van der Waals surface area contributed by atoms with Crippen molar-refractivity contribution >= 4 is 49.9 Å². The predicted octanol–water partition coefficient (Wildman–Crippen LogP) is 16.4. The minimum absolute atomic E-state index is 0. The smallest absolute Gasteiger partial charge is 0.213 e. The third-order valence-corrected chi connectivity index (χ3v) is 16.4. The normalized spacial score (nSPS) is 20.8. The molecule has 3 saturated carbocycles. The molecular formula is C63H60N5OPt-3. The van der Waals surface area contributed by atoms with Crippen LogP contribution >= 0.6 is 0 Å². The first-order chi connectivity index (χ1) is 35.4. The van der Waals surface area contributed by atoms with Gasteiger partial charge in [0, 0.05) is 66.6 Å². The van der Waals surface area contributed by atoms with Gasteiger partial charge in [0.05, 0.1) is 11.0 Å². The SMILES string of the molecule is [2H]C([2H])([2H])n1c(-n2c3[c-]c(Oc4[c-]c(N5[CH-]N(C6C(C7CCCCC7)CCCC6C6CCCCC6)c6ccccc65)ccc4)ccc3c3cc(-c4ccccc4-c4ccccc4)ccc32)nc2ccccc21.[Pt]. The number of aromatic nitrogens is 3. The number of benzene rings is 7. The van der Waals surface area contributed by atoms with Gasteiger partial charge in [0.15, 0.2) is 0 Å². The quantitative estimate of drug-likeness (QED) is 0.135. The Balaban J connectivity index is 0.00000543. The molecule has 2 aromatic heterocycles. The largest absolute Gasteiger partial charge is 0.509 e. The van der Waals surface area contributed by atoms with Crippen LogP contribution in [-0.2, 0) is 28.0 Å². The minimum atomic E-state index is -2.52. The molecule has 0 radical (unpaired) electrons. The van der Waals surface area contributed by atoms with Crippen molar-refractivity contribution in [3.8, 4) is 39.7 Å². The average molecular weight is 1100 g/mol. The van der Waals surface area contributed by atoms with Crippen LogP contribution in [0.15, 0.2) is 152 Å². The van der Waals surface area contributed by atoms with Gasteiger partial charge in [-0.3, -0.25) is 0 Å². The fraction of sp³-hybridized carbons (Fsp3) is 0.302. The molecule has 7 heteroatoms. The molecule has 70 heavy (non-hydrogen) atoms. The van der Waals surface area contributed by atoms with Gasteiger partial charge in [-0.1, -0.05) is 167 Å². The van der Waals surface area contributed by atoms with Crippen LogP contribution < -0.4 is 14.5 Å². The maximum Gasteiger partial charge on any atom is 0.213 e. The maximum absolute atomic E-state index is 8.79. The Bertz CT molecular complexity index is 3400. The second-order valence-electron chi connectivity index (χ2n) is 20.2. The number of hydrogen-bond donors (Lipinski definition) is 0. The summed E-state index contributed by atoms with van der Waals surface area (Å²) in [5, 5.41) is 1.86. The standard InChI is InChI=1S/C63H60N5O.Pt/c1-65-58-32-14-13-31-56(58)64-63(65)68-57-38-35-46(51-28-12-11-27-50(51)43-19-5-2-6-20-43)39-55(57)54-37-36-49(41-61(54)68)69-48-26-17-25-47(40-48)66-42-67(60-34-16-15-33-59(60)66)62-52(44-21-7-3-8-22-44)29-18-30-53(62)45-23-9-4-10-24-45;/h2,5-6,11-17,19-20,25-28,31-39,42,44-45,52-53,62H,3-4,7-10,18,21-24,29-30H2,1H3;/q-3;/i1D3;. The summed E-state index contributed by atoms with van der Waals surface area (Å²) in [5.74, 6) is 4.34. The van der Waals surface area contributed by atoms with E-state index in [0.717, 1.165) is 56.1 Å². The molecule has 0 saturated heterocycles. The van der Waals surface area contributed by atoms with Gasteiger partial charge in [-0.25, -0.2) is 4.98 Å². The average Bonchev–Trinajstić information content (AvgIpc) is 4.11. The van der Waals surface area contributed by atoms with Crippen LogP contribution in [0.4, 0.5) is 17.1 Å². The van der Waals surface area contributed by atoms with E-state index < -0.39 is 6.98 Å². The zero-order valence-electron chi connectivity index (χ0n) is 42.6. The molecule has 0 spiro atoms. The molecule has 7 aromatic carbocycles. The molecule has 0 N–H and O–H groups in total. The molecule has 356 valence electrons. The number of fused-ring (bicyclic) bond motifs is 5. The van der Waals surface area contributed by atoms with Crippen LogP contribution in [0.25, 0.3) is 61.0 Å². The summed E-state index contributed by atoms with van der Waals surface area (Å²) >= 11 is 0. The summed E-state index contributed by atoms with van der Waals surface area (Å²) in [7, 11) is 0. The monoisotopic (exact) mass is 1100 g/mol. The summed E-state index contributed by atoms with van der Waals surface area (Å²) in [4.78, 5) is 10.1. The third kappa shape index (κ3) is 8.05. The molecular weight excluding hydrogens is 1040 g/mol. The van der Waals surface area contributed by atoms with E-state index >= 15 is 0 Å². The van der Waals surface area contributed by atoms with E-state index in [0.29, 0.717) is 45.9 Å². The predicted molar refractivity (Wildman–Crippen MR) is 283 cm³/mol. The number of nitrogens with zero attached hydrogens (tertiary/aromatic N) is 5. The van der Waals surface area contributed by atoms with Gasteiger partial charge in [0.2, 0.25) is 5.95 Å². The number of para-hydroxylation sites is 4. The number of rotatable bonds is 9.